The van der Waals surface area contributed by atoms with Crippen molar-refractivity contribution in [1.29, 1.82) is 0 Å². The Hall–Kier alpha value is -3.43. The van der Waals surface area contributed by atoms with Gasteiger partial charge in [-0.05, 0) is 62.2 Å². The molecule has 2 N–H and O–H groups in total. The van der Waals surface area contributed by atoms with Crippen molar-refractivity contribution in [1.82, 2.24) is 9.62 Å². The maximum atomic E-state index is 13.3. The first kappa shape index (κ1) is 22.8. The van der Waals surface area contributed by atoms with Gasteiger partial charge in [-0.15, -0.1) is 0 Å². The summed E-state index contributed by atoms with van der Waals surface area (Å²) < 4.78 is 32.9. The van der Waals surface area contributed by atoms with Gasteiger partial charge in [0.2, 0.25) is 15.9 Å². The molecule has 0 aliphatic heterocycles. The fourth-order valence-corrected chi connectivity index (χ4v) is 4.62. The number of nitrogens with one attached hydrogen (secondary N) is 2. The van der Waals surface area contributed by atoms with E-state index in [1.54, 1.807) is 48.5 Å². The third-order valence-corrected chi connectivity index (χ3v) is 7.02. The van der Waals surface area contributed by atoms with Gasteiger partial charge in [-0.3, -0.25) is 9.59 Å². The number of hydrogen-bond donors (Lipinski definition) is 2. The molecular formula is C24H25N3O5S. The minimum atomic E-state index is -3.96. The highest BCUT2D eigenvalue weighted by molar-refractivity contribution is 7.89. The molecule has 0 bridgehead atoms. The number of anilines is 1. The third kappa shape index (κ3) is 5.88. The molecule has 1 heterocycles. The van der Waals surface area contributed by atoms with Crippen molar-refractivity contribution in [3.63, 3.8) is 0 Å². The van der Waals surface area contributed by atoms with Crippen LogP contribution in [-0.4, -0.2) is 37.1 Å². The summed E-state index contributed by atoms with van der Waals surface area (Å²) >= 11 is 0. The van der Waals surface area contributed by atoms with Crippen LogP contribution in [0.2, 0.25) is 0 Å². The average molecular weight is 468 g/mol. The van der Waals surface area contributed by atoms with E-state index in [0.29, 0.717) is 17.0 Å². The maximum absolute atomic E-state index is 13.3. The van der Waals surface area contributed by atoms with Crippen molar-refractivity contribution in [2.24, 2.45) is 0 Å². The quantitative estimate of drug-likeness (QED) is 0.502. The highest BCUT2D eigenvalue weighted by atomic mass is 32.2. The molecule has 0 radical (unpaired) electrons. The first-order valence-corrected chi connectivity index (χ1v) is 12.1. The Kier molecular flexibility index (Phi) is 6.62. The molecule has 1 aromatic heterocycles. The largest absolute Gasteiger partial charge is 0.468 e. The number of rotatable bonds is 9. The molecule has 8 nitrogen and oxygen atoms in total. The number of hydrogen-bond acceptors (Lipinski definition) is 5. The molecule has 0 atom stereocenters. The molecule has 172 valence electrons. The van der Waals surface area contributed by atoms with Crippen LogP contribution in [0, 0.1) is 6.92 Å². The summed E-state index contributed by atoms with van der Waals surface area (Å²) in [6.45, 7) is 1.35. The van der Waals surface area contributed by atoms with Gasteiger partial charge in [0, 0.05) is 17.3 Å². The SMILES string of the molecule is Cc1ccc(S(=O)(=O)N(CC(=O)Nc2cccc(C(=O)NC3CC3)c2)Cc2ccco2)cc1. The van der Waals surface area contributed by atoms with Crippen LogP contribution in [0.3, 0.4) is 0 Å². The van der Waals surface area contributed by atoms with E-state index >= 15 is 0 Å². The van der Waals surface area contributed by atoms with Crippen LogP contribution >= 0.6 is 0 Å². The summed E-state index contributed by atoms with van der Waals surface area (Å²) in [5.74, 6) is -0.316. The summed E-state index contributed by atoms with van der Waals surface area (Å²) in [6, 6.07) is 16.5. The van der Waals surface area contributed by atoms with E-state index in [0.717, 1.165) is 22.7 Å². The molecule has 2 amide bonds. The third-order valence-electron chi connectivity index (χ3n) is 5.21. The number of nitrogens with zero attached hydrogens (tertiary/aromatic N) is 1. The molecule has 0 unspecified atom stereocenters. The molecule has 0 saturated heterocycles. The zero-order valence-corrected chi connectivity index (χ0v) is 19.0. The predicted octanol–water partition coefficient (Wildman–Crippen LogP) is 3.31. The second-order valence-corrected chi connectivity index (χ2v) is 9.98. The van der Waals surface area contributed by atoms with Crippen molar-refractivity contribution in [3.8, 4) is 0 Å². The van der Waals surface area contributed by atoms with Gasteiger partial charge in [-0.2, -0.15) is 4.31 Å². The monoisotopic (exact) mass is 467 g/mol. The Morgan fingerprint density at radius 2 is 1.82 bits per heavy atom. The normalized spacial score (nSPS) is 13.6. The van der Waals surface area contributed by atoms with Gasteiger partial charge in [0.1, 0.15) is 5.76 Å². The number of amides is 2. The maximum Gasteiger partial charge on any atom is 0.251 e. The Morgan fingerprint density at radius 1 is 1.06 bits per heavy atom. The van der Waals surface area contributed by atoms with Crippen LogP contribution in [-0.2, 0) is 21.4 Å². The molecule has 0 spiro atoms. The first-order chi connectivity index (χ1) is 15.8. The van der Waals surface area contributed by atoms with Crippen molar-refractivity contribution in [2.45, 2.75) is 37.2 Å². The van der Waals surface area contributed by atoms with Crippen LogP contribution in [0.5, 0.6) is 0 Å². The highest BCUT2D eigenvalue weighted by Gasteiger charge is 2.28. The van der Waals surface area contributed by atoms with Crippen molar-refractivity contribution >= 4 is 27.5 Å². The molecule has 4 rings (SSSR count). The second-order valence-electron chi connectivity index (χ2n) is 8.04. The van der Waals surface area contributed by atoms with Gasteiger partial charge in [0.05, 0.1) is 24.2 Å². The Morgan fingerprint density at radius 3 is 2.48 bits per heavy atom. The van der Waals surface area contributed by atoms with E-state index in [2.05, 4.69) is 10.6 Å². The zero-order chi connectivity index (χ0) is 23.4. The van der Waals surface area contributed by atoms with Gasteiger partial charge >= 0.3 is 0 Å². The van der Waals surface area contributed by atoms with Gasteiger partial charge in [0.25, 0.3) is 5.91 Å². The fourth-order valence-electron chi connectivity index (χ4n) is 3.26. The van der Waals surface area contributed by atoms with E-state index < -0.39 is 22.5 Å². The zero-order valence-electron chi connectivity index (χ0n) is 18.2. The molecule has 3 aromatic rings. The van der Waals surface area contributed by atoms with E-state index in [-0.39, 0.29) is 23.4 Å². The molecule has 1 aliphatic rings. The van der Waals surface area contributed by atoms with Crippen LogP contribution in [0.4, 0.5) is 5.69 Å². The lowest BCUT2D eigenvalue weighted by Gasteiger charge is -2.21. The summed E-state index contributed by atoms with van der Waals surface area (Å²) in [5, 5.41) is 5.59. The number of furan rings is 1. The molecule has 2 aromatic carbocycles. The molecular weight excluding hydrogens is 442 g/mol. The van der Waals surface area contributed by atoms with E-state index in [1.807, 2.05) is 6.92 Å². The molecule has 33 heavy (non-hydrogen) atoms. The summed E-state index contributed by atoms with van der Waals surface area (Å²) in [6.07, 6.45) is 3.40. The Balaban J connectivity index is 1.50. The van der Waals surface area contributed by atoms with Crippen molar-refractivity contribution < 1.29 is 22.4 Å². The lowest BCUT2D eigenvalue weighted by atomic mass is 10.2. The van der Waals surface area contributed by atoms with Gasteiger partial charge in [-0.25, -0.2) is 8.42 Å². The number of carbonyl (C=O) groups excluding carboxylic acids is 2. The average Bonchev–Trinajstić information content (AvgIpc) is 3.45. The van der Waals surface area contributed by atoms with Crippen LogP contribution in [0.25, 0.3) is 0 Å². The van der Waals surface area contributed by atoms with E-state index in [4.69, 9.17) is 4.42 Å². The van der Waals surface area contributed by atoms with Gasteiger partial charge in [-0.1, -0.05) is 23.8 Å². The summed E-state index contributed by atoms with van der Waals surface area (Å²) in [7, 11) is -3.96. The van der Waals surface area contributed by atoms with Crippen LogP contribution < -0.4 is 10.6 Å². The second kappa shape index (κ2) is 9.60. The highest BCUT2D eigenvalue weighted by Crippen LogP contribution is 2.21. The predicted molar refractivity (Wildman–Crippen MR) is 123 cm³/mol. The Labute approximate surface area is 192 Å². The molecule has 1 saturated carbocycles. The topological polar surface area (TPSA) is 109 Å². The van der Waals surface area contributed by atoms with Crippen LogP contribution in [0.15, 0.2) is 76.2 Å². The van der Waals surface area contributed by atoms with Gasteiger partial charge in [0.15, 0.2) is 0 Å². The van der Waals surface area contributed by atoms with E-state index in [9.17, 15) is 18.0 Å². The smallest absolute Gasteiger partial charge is 0.251 e. The van der Waals surface area contributed by atoms with Crippen molar-refractivity contribution in [3.05, 3.63) is 83.8 Å². The van der Waals surface area contributed by atoms with Gasteiger partial charge < -0.3 is 15.1 Å². The summed E-state index contributed by atoms with van der Waals surface area (Å²) in [4.78, 5) is 25.2. The van der Waals surface area contributed by atoms with E-state index in [1.165, 1.54) is 18.4 Å². The van der Waals surface area contributed by atoms with Crippen molar-refractivity contribution in [2.75, 3.05) is 11.9 Å². The number of carbonyl (C=O) groups is 2. The molecule has 1 aliphatic carbocycles. The summed E-state index contributed by atoms with van der Waals surface area (Å²) in [5.41, 5.74) is 1.77. The Bertz CT molecular complexity index is 1230. The number of benzene rings is 2. The number of aryl methyl sites for hydroxylation is 1. The molecule has 9 heteroatoms. The minimum absolute atomic E-state index is 0.0891. The fraction of sp³-hybridized carbons (Fsp3) is 0.250. The number of sulfonamides is 1. The first-order valence-electron chi connectivity index (χ1n) is 10.6. The lowest BCUT2D eigenvalue weighted by Crippen LogP contribution is -2.37. The standard InChI is InChI=1S/C24H25N3O5S/c1-17-7-11-22(12-8-17)33(30,31)27(15-21-6-3-13-32-21)16-23(28)25-20-5-2-4-18(14-20)24(29)26-19-9-10-19/h2-8,11-14,19H,9-10,15-16H2,1H3,(H,25,28)(H,26,29). The molecule has 1 fully saturated rings. The van der Waals surface area contributed by atoms with Crippen LogP contribution in [0.1, 0.15) is 34.5 Å². The lowest BCUT2D eigenvalue weighted by molar-refractivity contribution is -0.116. The minimum Gasteiger partial charge on any atom is -0.468 e.